The Kier molecular flexibility index (Phi) is 2.95. The largest absolute Gasteiger partial charge is 0.342 e. The molecule has 1 aliphatic heterocycles. The molecular formula is C8H15NO3S. The minimum atomic E-state index is -3.23. The summed E-state index contributed by atoms with van der Waals surface area (Å²) >= 11 is 0. The lowest BCUT2D eigenvalue weighted by Crippen LogP contribution is -2.39. The Morgan fingerprint density at radius 3 is 2.15 bits per heavy atom. The number of carbonyl (C=O) groups excluding carboxylic acids is 1. The number of hydrogen-bond acceptors (Lipinski definition) is 3. The highest BCUT2D eigenvalue weighted by molar-refractivity contribution is 7.92. The Labute approximate surface area is 78.8 Å². The minimum Gasteiger partial charge on any atom is -0.342 e. The van der Waals surface area contributed by atoms with Crippen molar-refractivity contribution in [2.45, 2.75) is 25.0 Å². The number of hydrogen-bond donors (Lipinski definition) is 0. The van der Waals surface area contributed by atoms with Crippen molar-refractivity contribution in [1.82, 2.24) is 4.90 Å². The number of likely N-dealkylation sites (tertiary alicyclic amines) is 1. The topological polar surface area (TPSA) is 54.5 Å². The van der Waals surface area contributed by atoms with Crippen LogP contribution < -0.4 is 0 Å². The van der Waals surface area contributed by atoms with Crippen LogP contribution in [0.15, 0.2) is 0 Å². The van der Waals surface area contributed by atoms with E-state index in [0.717, 1.165) is 19.1 Å². The van der Waals surface area contributed by atoms with E-state index in [1.54, 1.807) is 4.90 Å². The predicted molar refractivity (Wildman–Crippen MR) is 50.1 cm³/mol. The van der Waals surface area contributed by atoms with Gasteiger partial charge in [0.2, 0.25) is 5.91 Å². The van der Waals surface area contributed by atoms with Gasteiger partial charge in [-0.05, 0) is 19.8 Å². The summed E-state index contributed by atoms with van der Waals surface area (Å²) in [6.07, 6.45) is 3.08. The normalized spacial score (nSPS) is 20.3. The Balaban J connectivity index is 2.67. The Morgan fingerprint density at radius 2 is 1.77 bits per heavy atom. The summed E-state index contributed by atoms with van der Waals surface area (Å²) in [7, 11) is -3.23. The fourth-order valence-electron chi connectivity index (χ4n) is 1.38. The van der Waals surface area contributed by atoms with Crippen molar-refractivity contribution < 1.29 is 13.2 Å². The average Bonchev–Trinajstić information content (AvgIpc) is 2.51. The maximum absolute atomic E-state index is 11.5. The van der Waals surface area contributed by atoms with E-state index in [9.17, 15) is 13.2 Å². The van der Waals surface area contributed by atoms with Gasteiger partial charge in [-0.2, -0.15) is 0 Å². The average molecular weight is 205 g/mol. The van der Waals surface area contributed by atoms with Crippen LogP contribution in [0.2, 0.25) is 0 Å². The van der Waals surface area contributed by atoms with E-state index in [0.29, 0.717) is 13.1 Å². The molecule has 0 aliphatic carbocycles. The van der Waals surface area contributed by atoms with Gasteiger partial charge in [-0.1, -0.05) is 0 Å². The summed E-state index contributed by atoms with van der Waals surface area (Å²) < 4.78 is 22.2. The highest BCUT2D eigenvalue weighted by Crippen LogP contribution is 2.11. The number of amides is 1. The van der Waals surface area contributed by atoms with Crippen molar-refractivity contribution in [3.8, 4) is 0 Å². The second-order valence-electron chi connectivity index (χ2n) is 3.50. The summed E-state index contributed by atoms with van der Waals surface area (Å²) in [5, 5.41) is -0.884. The SMILES string of the molecule is CC(C(=O)N1CCCC1)S(C)(=O)=O. The smallest absolute Gasteiger partial charge is 0.240 e. The highest BCUT2D eigenvalue weighted by Gasteiger charge is 2.29. The molecule has 1 fully saturated rings. The standard InChI is InChI=1S/C8H15NO3S/c1-7(13(2,11)12)8(10)9-5-3-4-6-9/h7H,3-6H2,1-2H3. The van der Waals surface area contributed by atoms with E-state index in [4.69, 9.17) is 0 Å². The van der Waals surface area contributed by atoms with E-state index in [1.807, 2.05) is 0 Å². The summed E-state index contributed by atoms with van der Waals surface area (Å²) in [6.45, 7) is 2.87. The molecule has 0 bridgehead atoms. The first-order chi connectivity index (χ1) is 5.93. The molecule has 1 heterocycles. The molecule has 0 saturated carbocycles. The van der Waals surface area contributed by atoms with Crippen molar-refractivity contribution in [3.05, 3.63) is 0 Å². The van der Waals surface area contributed by atoms with Crippen LogP contribution in [0.25, 0.3) is 0 Å². The Morgan fingerprint density at radius 1 is 1.31 bits per heavy atom. The zero-order valence-electron chi connectivity index (χ0n) is 7.99. The number of nitrogens with zero attached hydrogens (tertiary/aromatic N) is 1. The lowest BCUT2D eigenvalue weighted by Gasteiger charge is -2.18. The monoisotopic (exact) mass is 205 g/mol. The van der Waals surface area contributed by atoms with E-state index in [-0.39, 0.29) is 5.91 Å². The van der Waals surface area contributed by atoms with E-state index in [1.165, 1.54) is 6.92 Å². The quantitative estimate of drug-likeness (QED) is 0.639. The number of carbonyl (C=O) groups is 1. The summed E-state index contributed by atoms with van der Waals surface area (Å²) in [4.78, 5) is 13.2. The molecule has 4 nitrogen and oxygen atoms in total. The Hall–Kier alpha value is -0.580. The van der Waals surface area contributed by atoms with Crippen LogP contribution in [0.4, 0.5) is 0 Å². The molecule has 76 valence electrons. The van der Waals surface area contributed by atoms with Crippen LogP contribution in [0.3, 0.4) is 0 Å². The van der Waals surface area contributed by atoms with Crippen molar-refractivity contribution in [1.29, 1.82) is 0 Å². The maximum atomic E-state index is 11.5. The molecule has 0 aromatic carbocycles. The molecule has 0 spiro atoms. The zero-order valence-corrected chi connectivity index (χ0v) is 8.80. The van der Waals surface area contributed by atoms with Crippen molar-refractivity contribution in [3.63, 3.8) is 0 Å². The molecule has 0 aromatic heterocycles. The van der Waals surface area contributed by atoms with Gasteiger partial charge in [0.1, 0.15) is 5.25 Å². The summed E-state index contributed by atoms with van der Waals surface area (Å²) in [5.74, 6) is -0.250. The molecule has 1 aliphatic rings. The van der Waals surface area contributed by atoms with Crippen LogP contribution >= 0.6 is 0 Å². The van der Waals surface area contributed by atoms with Crippen LogP contribution in [0.5, 0.6) is 0 Å². The number of rotatable bonds is 2. The molecule has 0 radical (unpaired) electrons. The molecule has 1 amide bonds. The van der Waals surface area contributed by atoms with Crippen molar-refractivity contribution >= 4 is 15.7 Å². The molecule has 0 N–H and O–H groups in total. The molecule has 5 heteroatoms. The van der Waals surface area contributed by atoms with Gasteiger partial charge in [0, 0.05) is 19.3 Å². The van der Waals surface area contributed by atoms with Crippen LogP contribution in [-0.4, -0.2) is 43.8 Å². The molecule has 1 atom stereocenters. The second kappa shape index (κ2) is 3.65. The van der Waals surface area contributed by atoms with Gasteiger partial charge in [0.25, 0.3) is 0 Å². The molecular weight excluding hydrogens is 190 g/mol. The first-order valence-electron chi connectivity index (χ1n) is 4.40. The zero-order chi connectivity index (χ0) is 10.1. The summed E-state index contributed by atoms with van der Waals surface area (Å²) in [6, 6.07) is 0. The Bertz CT molecular complexity index is 291. The minimum absolute atomic E-state index is 0.250. The van der Waals surface area contributed by atoms with Crippen LogP contribution in [0.1, 0.15) is 19.8 Å². The van der Waals surface area contributed by atoms with Gasteiger partial charge in [-0.25, -0.2) is 8.42 Å². The van der Waals surface area contributed by atoms with E-state index < -0.39 is 15.1 Å². The maximum Gasteiger partial charge on any atom is 0.240 e. The highest BCUT2D eigenvalue weighted by atomic mass is 32.2. The van der Waals surface area contributed by atoms with Crippen LogP contribution in [0, 0.1) is 0 Å². The lowest BCUT2D eigenvalue weighted by atomic mass is 10.4. The van der Waals surface area contributed by atoms with Crippen molar-refractivity contribution in [2.24, 2.45) is 0 Å². The van der Waals surface area contributed by atoms with Gasteiger partial charge >= 0.3 is 0 Å². The molecule has 1 rings (SSSR count). The number of sulfone groups is 1. The first-order valence-corrected chi connectivity index (χ1v) is 6.36. The fourth-order valence-corrected chi connectivity index (χ4v) is 1.89. The predicted octanol–water partition coefficient (Wildman–Crippen LogP) is 0.0419. The van der Waals surface area contributed by atoms with Gasteiger partial charge in [0.05, 0.1) is 0 Å². The van der Waals surface area contributed by atoms with Gasteiger partial charge in [-0.15, -0.1) is 0 Å². The molecule has 0 aromatic rings. The van der Waals surface area contributed by atoms with E-state index >= 15 is 0 Å². The third-order valence-electron chi connectivity index (χ3n) is 2.41. The third-order valence-corrected chi connectivity index (χ3v) is 3.89. The lowest BCUT2D eigenvalue weighted by molar-refractivity contribution is -0.129. The fraction of sp³-hybridized carbons (Fsp3) is 0.875. The van der Waals surface area contributed by atoms with Gasteiger partial charge < -0.3 is 4.90 Å². The van der Waals surface area contributed by atoms with E-state index in [2.05, 4.69) is 0 Å². The molecule has 1 unspecified atom stereocenters. The van der Waals surface area contributed by atoms with Crippen molar-refractivity contribution in [2.75, 3.05) is 19.3 Å². The first kappa shape index (κ1) is 10.5. The molecule has 1 saturated heterocycles. The summed E-state index contributed by atoms with van der Waals surface area (Å²) in [5.41, 5.74) is 0. The molecule has 13 heavy (non-hydrogen) atoms. The van der Waals surface area contributed by atoms with Gasteiger partial charge in [0.15, 0.2) is 9.84 Å². The second-order valence-corrected chi connectivity index (χ2v) is 5.87. The third kappa shape index (κ3) is 2.43. The van der Waals surface area contributed by atoms with Gasteiger partial charge in [-0.3, -0.25) is 4.79 Å². The van der Waals surface area contributed by atoms with Crippen LogP contribution in [-0.2, 0) is 14.6 Å².